The quantitative estimate of drug-likeness (QED) is 0.637. The van der Waals surface area contributed by atoms with Crippen LogP contribution in [-0.2, 0) is 4.79 Å². The summed E-state index contributed by atoms with van der Waals surface area (Å²) in [5, 5.41) is 8.69. The minimum Gasteiger partial charge on any atom is -0.376 e. The minimum atomic E-state index is -0.216. The van der Waals surface area contributed by atoms with Crippen molar-refractivity contribution < 1.29 is 14.4 Å². The van der Waals surface area contributed by atoms with Gasteiger partial charge in [0.15, 0.2) is 0 Å². The highest BCUT2D eigenvalue weighted by Gasteiger charge is 2.18. The van der Waals surface area contributed by atoms with E-state index in [9.17, 15) is 14.4 Å². The fourth-order valence-corrected chi connectivity index (χ4v) is 3.48. The Morgan fingerprint density at radius 3 is 2.29 bits per heavy atom. The Balaban J connectivity index is 1.51. The zero-order valence-electron chi connectivity index (χ0n) is 18.1. The van der Waals surface area contributed by atoms with Crippen LogP contribution in [0.3, 0.4) is 0 Å². The van der Waals surface area contributed by atoms with Crippen molar-refractivity contribution in [1.29, 1.82) is 0 Å². The van der Waals surface area contributed by atoms with Gasteiger partial charge >= 0.3 is 0 Å². The number of amides is 3. The zero-order chi connectivity index (χ0) is 22.2. The Labute approximate surface area is 183 Å². The number of nitrogens with one attached hydrogen (secondary N) is 3. The van der Waals surface area contributed by atoms with Gasteiger partial charge in [-0.05, 0) is 75.6 Å². The van der Waals surface area contributed by atoms with E-state index in [2.05, 4.69) is 16.0 Å². The lowest BCUT2D eigenvalue weighted by Gasteiger charge is -2.26. The van der Waals surface area contributed by atoms with Gasteiger partial charge in [0.2, 0.25) is 5.91 Å². The van der Waals surface area contributed by atoms with Crippen molar-refractivity contribution >= 4 is 29.1 Å². The molecule has 1 saturated heterocycles. The van der Waals surface area contributed by atoms with Gasteiger partial charge in [0.25, 0.3) is 11.8 Å². The van der Waals surface area contributed by atoms with Crippen molar-refractivity contribution in [1.82, 2.24) is 10.2 Å². The van der Waals surface area contributed by atoms with Crippen molar-refractivity contribution in [3.63, 3.8) is 0 Å². The largest absolute Gasteiger partial charge is 0.376 e. The third-order valence-electron chi connectivity index (χ3n) is 5.06. The fourth-order valence-electron chi connectivity index (χ4n) is 3.48. The van der Waals surface area contributed by atoms with Gasteiger partial charge in [-0.15, -0.1) is 0 Å². The number of carbonyl (C=O) groups is 3. The number of hydrogen-bond acceptors (Lipinski definition) is 4. The van der Waals surface area contributed by atoms with Crippen LogP contribution in [-0.4, -0.2) is 48.3 Å². The van der Waals surface area contributed by atoms with Gasteiger partial charge in [-0.2, -0.15) is 0 Å². The number of benzene rings is 2. The molecule has 3 N–H and O–H groups in total. The van der Waals surface area contributed by atoms with E-state index in [1.807, 2.05) is 30.9 Å². The maximum absolute atomic E-state index is 12.7. The van der Waals surface area contributed by atoms with Crippen LogP contribution in [0.25, 0.3) is 0 Å². The Morgan fingerprint density at radius 1 is 0.903 bits per heavy atom. The number of piperidine rings is 1. The molecule has 7 heteroatoms. The standard InChI is InChI=1S/C24H30N4O3/c1-17(2)26-23(30)18-9-11-20(12-10-18)27-22(29)16-25-21-8-6-7-19(15-21)24(31)28-13-4-3-5-14-28/h6-12,15,17,25H,3-5,13-14,16H2,1-2H3,(H,26,30)(H,27,29). The molecule has 0 atom stereocenters. The van der Waals surface area contributed by atoms with Crippen molar-refractivity contribution in [2.45, 2.75) is 39.2 Å². The SMILES string of the molecule is CC(C)NC(=O)c1ccc(NC(=O)CNc2cccc(C(=O)N3CCCCC3)c2)cc1. The first-order valence-electron chi connectivity index (χ1n) is 10.8. The number of likely N-dealkylation sites (tertiary alicyclic amines) is 1. The van der Waals surface area contributed by atoms with E-state index >= 15 is 0 Å². The lowest BCUT2D eigenvalue weighted by Crippen LogP contribution is -2.35. The number of hydrogen-bond donors (Lipinski definition) is 3. The summed E-state index contributed by atoms with van der Waals surface area (Å²) in [5.74, 6) is -0.324. The second-order valence-corrected chi connectivity index (χ2v) is 8.04. The van der Waals surface area contributed by atoms with Gasteiger partial charge in [-0.1, -0.05) is 6.07 Å². The van der Waals surface area contributed by atoms with Gasteiger partial charge in [0.05, 0.1) is 6.54 Å². The first kappa shape index (κ1) is 22.3. The van der Waals surface area contributed by atoms with Crippen LogP contribution in [0.15, 0.2) is 48.5 Å². The van der Waals surface area contributed by atoms with Crippen molar-refractivity contribution in [2.24, 2.45) is 0 Å². The van der Waals surface area contributed by atoms with Gasteiger partial charge < -0.3 is 20.9 Å². The van der Waals surface area contributed by atoms with Crippen molar-refractivity contribution in [3.05, 3.63) is 59.7 Å². The monoisotopic (exact) mass is 422 g/mol. The van der Waals surface area contributed by atoms with Crippen LogP contribution in [0.2, 0.25) is 0 Å². The molecule has 0 saturated carbocycles. The summed E-state index contributed by atoms with van der Waals surface area (Å²) in [6.45, 7) is 5.47. The van der Waals surface area contributed by atoms with E-state index in [0.29, 0.717) is 16.8 Å². The highest BCUT2D eigenvalue weighted by atomic mass is 16.2. The van der Waals surface area contributed by atoms with Gasteiger partial charge in [0.1, 0.15) is 0 Å². The smallest absolute Gasteiger partial charge is 0.253 e. The second kappa shape index (κ2) is 10.6. The molecule has 0 spiro atoms. The van der Waals surface area contributed by atoms with Crippen molar-refractivity contribution in [2.75, 3.05) is 30.3 Å². The van der Waals surface area contributed by atoms with Crippen LogP contribution < -0.4 is 16.0 Å². The molecule has 1 aliphatic rings. The molecular weight excluding hydrogens is 392 g/mol. The zero-order valence-corrected chi connectivity index (χ0v) is 18.1. The summed E-state index contributed by atoms with van der Waals surface area (Å²) < 4.78 is 0. The highest BCUT2D eigenvalue weighted by molar-refractivity contribution is 5.97. The van der Waals surface area contributed by atoms with Crippen LogP contribution in [0.4, 0.5) is 11.4 Å². The maximum atomic E-state index is 12.7. The molecular formula is C24H30N4O3. The Morgan fingerprint density at radius 2 is 1.61 bits per heavy atom. The van der Waals surface area contributed by atoms with Crippen LogP contribution >= 0.6 is 0 Å². The molecule has 3 amide bonds. The third kappa shape index (κ3) is 6.57. The van der Waals surface area contributed by atoms with Gasteiger partial charge in [-0.25, -0.2) is 0 Å². The minimum absolute atomic E-state index is 0.0365. The lowest BCUT2D eigenvalue weighted by molar-refractivity contribution is -0.114. The van der Waals surface area contributed by atoms with Crippen LogP contribution in [0.1, 0.15) is 53.8 Å². The summed E-state index contributed by atoms with van der Waals surface area (Å²) in [5.41, 5.74) is 2.50. The summed E-state index contributed by atoms with van der Waals surface area (Å²) in [7, 11) is 0. The third-order valence-corrected chi connectivity index (χ3v) is 5.06. The summed E-state index contributed by atoms with van der Waals surface area (Å²) in [4.78, 5) is 38.8. The van der Waals surface area contributed by atoms with Gasteiger partial charge in [-0.3, -0.25) is 14.4 Å². The molecule has 1 heterocycles. The lowest BCUT2D eigenvalue weighted by atomic mass is 10.1. The molecule has 0 aliphatic carbocycles. The Kier molecular flexibility index (Phi) is 7.65. The molecule has 0 radical (unpaired) electrons. The summed E-state index contributed by atoms with van der Waals surface area (Å²) in [6.07, 6.45) is 3.27. The predicted octanol–water partition coefficient (Wildman–Crippen LogP) is 3.50. The van der Waals surface area contributed by atoms with E-state index in [0.717, 1.165) is 31.6 Å². The average molecular weight is 423 g/mol. The first-order chi connectivity index (χ1) is 14.9. The normalized spacial score (nSPS) is 13.6. The van der Waals surface area contributed by atoms with E-state index in [4.69, 9.17) is 0 Å². The predicted molar refractivity (Wildman–Crippen MR) is 122 cm³/mol. The van der Waals surface area contributed by atoms with E-state index in [-0.39, 0.29) is 30.3 Å². The molecule has 0 bridgehead atoms. The summed E-state index contributed by atoms with van der Waals surface area (Å²) >= 11 is 0. The molecule has 7 nitrogen and oxygen atoms in total. The van der Waals surface area contributed by atoms with Crippen LogP contribution in [0, 0.1) is 0 Å². The average Bonchev–Trinajstić information content (AvgIpc) is 2.78. The molecule has 1 aliphatic heterocycles. The molecule has 2 aromatic rings. The van der Waals surface area contributed by atoms with Crippen molar-refractivity contribution in [3.8, 4) is 0 Å². The Bertz CT molecular complexity index is 919. The molecule has 164 valence electrons. The number of nitrogens with zero attached hydrogens (tertiary/aromatic N) is 1. The summed E-state index contributed by atoms with van der Waals surface area (Å²) in [6, 6.07) is 14.1. The number of rotatable bonds is 7. The highest BCUT2D eigenvalue weighted by Crippen LogP contribution is 2.16. The molecule has 0 aromatic heterocycles. The van der Waals surface area contributed by atoms with E-state index in [1.54, 1.807) is 36.4 Å². The van der Waals surface area contributed by atoms with Crippen LogP contribution in [0.5, 0.6) is 0 Å². The van der Waals surface area contributed by atoms with E-state index in [1.165, 1.54) is 6.42 Å². The molecule has 2 aromatic carbocycles. The molecule has 1 fully saturated rings. The van der Waals surface area contributed by atoms with Gasteiger partial charge in [0, 0.05) is 41.6 Å². The second-order valence-electron chi connectivity index (χ2n) is 8.04. The Hall–Kier alpha value is -3.35. The van der Waals surface area contributed by atoms with E-state index < -0.39 is 0 Å². The molecule has 31 heavy (non-hydrogen) atoms. The topological polar surface area (TPSA) is 90.5 Å². The first-order valence-corrected chi connectivity index (χ1v) is 10.8. The molecule has 0 unspecified atom stereocenters. The number of carbonyl (C=O) groups excluding carboxylic acids is 3. The maximum Gasteiger partial charge on any atom is 0.253 e. The fraction of sp³-hybridized carbons (Fsp3) is 0.375. The number of anilines is 2. The molecule has 3 rings (SSSR count).